The quantitative estimate of drug-likeness (QED) is 0.125. The molecule has 0 radical (unpaired) electrons. The number of carboxylic acids is 3. The zero-order chi connectivity index (χ0) is 31.7. The number of β-amino-alcohol motifs (C(OH)–C–C–N with tert-alkyl or cyclic N) is 1. The number of aliphatic hydroxyl groups is 1. The highest BCUT2D eigenvalue weighted by molar-refractivity contribution is 5.69. The van der Waals surface area contributed by atoms with Crippen molar-refractivity contribution in [1.29, 1.82) is 0 Å². The molecule has 1 atom stereocenters. The summed E-state index contributed by atoms with van der Waals surface area (Å²) in [6.45, 7) is 5.84. The van der Waals surface area contributed by atoms with E-state index in [9.17, 15) is 34.8 Å². The molecule has 0 aromatic rings. The van der Waals surface area contributed by atoms with Crippen molar-refractivity contribution in [3.05, 3.63) is 0 Å². The molecule has 0 aromatic carbocycles. The van der Waals surface area contributed by atoms with E-state index in [4.69, 9.17) is 0 Å². The Kier molecular flexibility index (Phi) is 23.3. The zero-order valence-electron chi connectivity index (χ0n) is 27.0. The standard InChI is InChI=1S/C32H62N4O7/c1-2-3-4-5-6-7-8-9-10-11-12-13-14-15-16-29(37)25-33-17-19-34(26-30(38)39)21-23-36(28-32(42)43)24-22-35(20-18-33)27-31(40)41/h29,37H,2-28H2,1H3,(H,38,39)(H,40,41)(H,42,43). The highest BCUT2D eigenvalue weighted by Crippen LogP contribution is 2.14. The second-order valence-corrected chi connectivity index (χ2v) is 12.3. The lowest BCUT2D eigenvalue weighted by molar-refractivity contribution is -0.140. The maximum Gasteiger partial charge on any atom is 0.317 e. The molecule has 0 aromatic heterocycles. The van der Waals surface area contributed by atoms with Crippen molar-refractivity contribution < 1.29 is 34.8 Å². The van der Waals surface area contributed by atoms with E-state index in [0.717, 1.165) is 19.3 Å². The van der Waals surface area contributed by atoms with Crippen LogP contribution < -0.4 is 0 Å². The van der Waals surface area contributed by atoms with Gasteiger partial charge in [-0.3, -0.25) is 34.0 Å². The van der Waals surface area contributed by atoms with Gasteiger partial charge >= 0.3 is 17.9 Å². The SMILES string of the molecule is CCCCCCCCCCCCCCCCC(O)CN1CCN(CC(=O)O)CCN(CC(=O)O)CCN(CC(=O)O)CC1. The molecule has 1 heterocycles. The van der Waals surface area contributed by atoms with Gasteiger partial charge in [-0.15, -0.1) is 0 Å². The van der Waals surface area contributed by atoms with Crippen LogP contribution in [0.4, 0.5) is 0 Å². The first kappa shape index (κ1) is 39.2. The number of unbranched alkanes of at least 4 members (excludes halogenated alkanes) is 13. The Morgan fingerprint density at radius 1 is 0.488 bits per heavy atom. The van der Waals surface area contributed by atoms with E-state index >= 15 is 0 Å². The number of hydrogen-bond acceptors (Lipinski definition) is 8. The molecule has 0 aliphatic carbocycles. The number of nitrogens with zero attached hydrogens (tertiary/aromatic N) is 4. The fourth-order valence-corrected chi connectivity index (χ4v) is 5.77. The Bertz CT molecular complexity index is 711. The van der Waals surface area contributed by atoms with Crippen LogP contribution in [0.1, 0.15) is 103 Å². The molecule has 1 aliphatic heterocycles. The van der Waals surface area contributed by atoms with Gasteiger partial charge in [0.25, 0.3) is 0 Å². The molecule has 43 heavy (non-hydrogen) atoms. The molecule has 0 saturated carbocycles. The average molecular weight is 615 g/mol. The molecule has 4 N–H and O–H groups in total. The van der Waals surface area contributed by atoms with Gasteiger partial charge in [0.2, 0.25) is 0 Å². The minimum atomic E-state index is -0.972. The lowest BCUT2D eigenvalue weighted by atomic mass is 10.0. The number of carbonyl (C=O) groups is 3. The van der Waals surface area contributed by atoms with E-state index in [2.05, 4.69) is 11.8 Å². The van der Waals surface area contributed by atoms with Crippen molar-refractivity contribution in [3.63, 3.8) is 0 Å². The van der Waals surface area contributed by atoms with E-state index in [-0.39, 0.29) is 19.6 Å². The van der Waals surface area contributed by atoms with Crippen LogP contribution in [0.15, 0.2) is 0 Å². The molecule has 11 nitrogen and oxygen atoms in total. The Morgan fingerprint density at radius 3 is 1.07 bits per heavy atom. The molecule has 252 valence electrons. The predicted octanol–water partition coefficient (Wildman–Crippen LogP) is 3.69. The molecule has 1 fully saturated rings. The summed E-state index contributed by atoms with van der Waals surface area (Å²) in [5.41, 5.74) is 0. The summed E-state index contributed by atoms with van der Waals surface area (Å²) >= 11 is 0. The summed E-state index contributed by atoms with van der Waals surface area (Å²) in [5, 5.41) is 38.9. The van der Waals surface area contributed by atoms with Crippen LogP contribution in [0.5, 0.6) is 0 Å². The molecule has 1 aliphatic rings. The molecule has 1 unspecified atom stereocenters. The number of aliphatic carboxylic acids is 3. The predicted molar refractivity (Wildman–Crippen MR) is 170 cm³/mol. The van der Waals surface area contributed by atoms with Crippen LogP contribution in [0.25, 0.3) is 0 Å². The van der Waals surface area contributed by atoms with Gasteiger partial charge in [-0.2, -0.15) is 0 Å². The number of carboxylic acid groups (broad SMARTS) is 3. The van der Waals surface area contributed by atoms with Crippen LogP contribution in [0.2, 0.25) is 0 Å². The summed E-state index contributed by atoms with van der Waals surface area (Å²) in [5.74, 6) is -2.84. The van der Waals surface area contributed by atoms with E-state index in [1.165, 1.54) is 77.0 Å². The van der Waals surface area contributed by atoms with Gasteiger partial charge in [-0.05, 0) is 6.42 Å². The Balaban J connectivity index is 2.45. The first-order valence-corrected chi connectivity index (χ1v) is 16.9. The number of hydrogen-bond donors (Lipinski definition) is 4. The minimum absolute atomic E-state index is 0.137. The van der Waals surface area contributed by atoms with E-state index in [1.54, 1.807) is 14.7 Å². The van der Waals surface area contributed by atoms with Gasteiger partial charge in [-0.1, -0.05) is 96.8 Å². The number of aliphatic hydroxyl groups excluding tert-OH is 1. The molecule has 0 bridgehead atoms. The van der Waals surface area contributed by atoms with Crippen LogP contribution in [0, 0.1) is 0 Å². The van der Waals surface area contributed by atoms with Gasteiger partial charge in [0, 0.05) is 58.9 Å². The van der Waals surface area contributed by atoms with Gasteiger partial charge in [0.1, 0.15) is 0 Å². The third-order valence-corrected chi connectivity index (χ3v) is 8.37. The number of rotatable bonds is 23. The monoisotopic (exact) mass is 614 g/mol. The van der Waals surface area contributed by atoms with Crippen LogP contribution in [-0.4, -0.2) is 143 Å². The zero-order valence-corrected chi connectivity index (χ0v) is 27.0. The molecular weight excluding hydrogens is 552 g/mol. The second kappa shape index (κ2) is 25.5. The van der Waals surface area contributed by atoms with Gasteiger partial charge in [0.15, 0.2) is 0 Å². The van der Waals surface area contributed by atoms with Crippen molar-refractivity contribution in [2.24, 2.45) is 0 Å². The van der Waals surface area contributed by atoms with Crippen molar-refractivity contribution >= 4 is 17.9 Å². The van der Waals surface area contributed by atoms with Crippen molar-refractivity contribution in [3.8, 4) is 0 Å². The van der Waals surface area contributed by atoms with E-state index < -0.39 is 24.0 Å². The fraction of sp³-hybridized carbons (Fsp3) is 0.906. The van der Waals surface area contributed by atoms with E-state index in [1.807, 2.05) is 0 Å². The highest BCUT2D eigenvalue weighted by atomic mass is 16.4. The smallest absolute Gasteiger partial charge is 0.317 e. The van der Waals surface area contributed by atoms with Crippen molar-refractivity contribution in [2.45, 2.75) is 109 Å². The molecule has 0 spiro atoms. The summed E-state index contributed by atoms with van der Waals surface area (Å²) in [6.07, 6.45) is 18.3. The molecule has 1 saturated heterocycles. The Hall–Kier alpha value is -1.79. The van der Waals surface area contributed by atoms with Crippen LogP contribution >= 0.6 is 0 Å². The van der Waals surface area contributed by atoms with Crippen LogP contribution in [-0.2, 0) is 14.4 Å². The summed E-state index contributed by atoms with van der Waals surface area (Å²) in [4.78, 5) is 41.7. The first-order chi connectivity index (χ1) is 20.7. The minimum Gasteiger partial charge on any atom is -0.480 e. The lowest BCUT2D eigenvalue weighted by Gasteiger charge is -2.33. The largest absolute Gasteiger partial charge is 0.480 e. The fourth-order valence-electron chi connectivity index (χ4n) is 5.77. The van der Waals surface area contributed by atoms with Crippen LogP contribution in [0.3, 0.4) is 0 Å². The normalized spacial score (nSPS) is 17.7. The van der Waals surface area contributed by atoms with E-state index in [0.29, 0.717) is 58.9 Å². The summed E-state index contributed by atoms with van der Waals surface area (Å²) < 4.78 is 0. The molecule has 0 amide bonds. The molecular formula is C32H62N4O7. The van der Waals surface area contributed by atoms with Gasteiger partial charge in [-0.25, -0.2) is 0 Å². The molecule has 1 rings (SSSR count). The maximum atomic E-state index is 11.5. The molecule has 11 heteroatoms. The summed E-state index contributed by atoms with van der Waals surface area (Å²) in [6, 6.07) is 0. The van der Waals surface area contributed by atoms with Gasteiger partial charge < -0.3 is 20.4 Å². The summed E-state index contributed by atoms with van der Waals surface area (Å²) in [7, 11) is 0. The lowest BCUT2D eigenvalue weighted by Crippen LogP contribution is -2.49. The van der Waals surface area contributed by atoms with Crippen molar-refractivity contribution in [2.75, 3.05) is 78.5 Å². The maximum absolute atomic E-state index is 11.5. The topological polar surface area (TPSA) is 145 Å². The highest BCUT2D eigenvalue weighted by Gasteiger charge is 2.21. The Morgan fingerprint density at radius 2 is 0.767 bits per heavy atom. The second-order valence-electron chi connectivity index (χ2n) is 12.3. The third kappa shape index (κ3) is 23.3. The Labute approximate surface area is 260 Å². The average Bonchev–Trinajstić information content (AvgIpc) is 2.93. The third-order valence-electron chi connectivity index (χ3n) is 8.37. The first-order valence-electron chi connectivity index (χ1n) is 16.9. The van der Waals surface area contributed by atoms with Crippen molar-refractivity contribution in [1.82, 2.24) is 19.6 Å². The van der Waals surface area contributed by atoms with Gasteiger partial charge in [0.05, 0.1) is 25.7 Å².